The molecule has 0 amide bonds. The van der Waals surface area contributed by atoms with Gasteiger partial charge >= 0.3 is 11.9 Å². The first-order chi connectivity index (χ1) is 14.7. The molecule has 0 aromatic carbocycles. The van der Waals surface area contributed by atoms with E-state index in [-0.39, 0.29) is 60.2 Å². The molecule has 3 aliphatic heterocycles. The minimum absolute atomic E-state index is 0.0244. The summed E-state index contributed by atoms with van der Waals surface area (Å²) in [6, 6.07) is 0. The molecule has 7 nitrogen and oxygen atoms in total. The van der Waals surface area contributed by atoms with Gasteiger partial charge in [0.15, 0.2) is 0 Å². The van der Waals surface area contributed by atoms with Crippen molar-refractivity contribution in [3.63, 3.8) is 0 Å². The van der Waals surface area contributed by atoms with E-state index < -0.39 is 11.0 Å². The molecule has 172 valence electrons. The van der Waals surface area contributed by atoms with E-state index in [0.29, 0.717) is 13.0 Å². The van der Waals surface area contributed by atoms with E-state index in [2.05, 4.69) is 19.9 Å². The topological polar surface area (TPSA) is 83.6 Å². The van der Waals surface area contributed by atoms with Crippen molar-refractivity contribution in [2.24, 2.45) is 28.6 Å². The van der Waals surface area contributed by atoms with E-state index in [1.807, 2.05) is 0 Å². The second-order valence-corrected chi connectivity index (χ2v) is 10.5. The molecule has 7 heteroatoms. The predicted molar refractivity (Wildman–Crippen MR) is 110 cm³/mol. The van der Waals surface area contributed by atoms with Crippen molar-refractivity contribution in [1.82, 2.24) is 0 Å². The molecule has 1 spiro atoms. The van der Waals surface area contributed by atoms with Gasteiger partial charge in [-0.15, -0.1) is 0 Å². The summed E-state index contributed by atoms with van der Waals surface area (Å²) < 4.78 is 30.0. The van der Waals surface area contributed by atoms with Crippen LogP contribution in [0.15, 0.2) is 12.3 Å². The van der Waals surface area contributed by atoms with Crippen LogP contribution in [0.3, 0.4) is 0 Å². The number of carbonyl (C=O) groups is 2. The highest BCUT2D eigenvalue weighted by Crippen LogP contribution is 2.70. The molecule has 0 bridgehead atoms. The molecule has 0 radical (unpaired) electrons. The minimum atomic E-state index is -0.568. The lowest BCUT2D eigenvalue weighted by Gasteiger charge is -2.64. The normalized spacial score (nSPS) is 49.8. The van der Waals surface area contributed by atoms with Gasteiger partial charge < -0.3 is 23.7 Å². The number of fused-ring (bicyclic) bond motifs is 3. The van der Waals surface area contributed by atoms with Crippen molar-refractivity contribution in [3.8, 4) is 0 Å². The van der Waals surface area contributed by atoms with Crippen molar-refractivity contribution >= 4 is 11.9 Å². The van der Waals surface area contributed by atoms with Crippen LogP contribution in [0.4, 0.5) is 0 Å². The fourth-order valence-corrected chi connectivity index (χ4v) is 7.46. The second kappa shape index (κ2) is 7.20. The summed E-state index contributed by atoms with van der Waals surface area (Å²) in [5, 5.41) is 0. The molecule has 0 aromatic heterocycles. The number of epoxide rings is 1. The first-order valence-electron chi connectivity index (χ1n) is 11.6. The van der Waals surface area contributed by atoms with Crippen molar-refractivity contribution in [1.29, 1.82) is 0 Å². The zero-order valence-corrected chi connectivity index (χ0v) is 18.9. The maximum Gasteiger partial charge on any atom is 0.302 e. The molecule has 2 aliphatic carbocycles. The van der Waals surface area contributed by atoms with Crippen LogP contribution in [-0.4, -0.2) is 49.3 Å². The highest BCUT2D eigenvalue weighted by atomic mass is 16.7. The Morgan fingerprint density at radius 3 is 2.61 bits per heavy atom. The summed E-state index contributed by atoms with van der Waals surface area (Å²) in [6.45, 7) is 8.30. The third-order valence-corrected chi connectivity index (χ3v) is 9.18. The minimum Gasteiger partial charge on any atom is -0.472 e. The van der Waals surface area contributed by atoms with Crippen LogP contribution < -0.4 is 0 Å². The fourth-order valence-electron chi connectivity index (χ4n) is 7.46. The Labute approximate surface area is 183 Å². The summed E-state index contributed by atoms with van der Waals surface area (Å²) in [5.41, 5.74) is -1.16. The number of hydrogen-bond acceptors (Lipinski definition) is 7. The molecular formula is C24H34O7. The molecule has 4 fully saturated rings. The van der Waals surface area contributed by atoms with E-state index >= 15 is 0 Å². The molecule has 31 heavy (non-hydrogen) atoms. The van der Waals surface area contributed by atoms with Crippen molar-refractivity contribution in [3.05, 3.63) is 12.3 Å². The Balaban J connectivity index is 1.58. The molecule has 5 aliphatic rings. The molecule has 3 heterocycles. The van der Waals surface area contributed by atoms with E-state index in [9.17, 15) is 9.59 Å². The third-order valence-electron chi connectivity index (χ3n) is 9.18. The van der Waals surface area contributed by atoms with E-state index in [4.69, 9.17) is 23.7 Å². The van der Waals surface area contributed by atoms with Crippen LogP contribution in [0.25, 0.3) is 0 Å². The van der Waals surface area contributed by atoms with Gasteiger partial charge in [-0.1, -0.05) is 20.3 Å². The van der Waals surface area contributed by atoms with E-state index in [1.165, 1.54) is 13.8 Å². The maximum absolute atomic E-state index is 12.1. The maximum atomic E-state index is 12.1. The Morgan fingerprint density at radius 1 is 1.19 bits per heavy atom. The van der Waals surface area contributed by atoms with Gasteiger partial charge in [0.05, 0.1) is 24.4 Å². The standard InChI is InChI=1S/C24H34O7/c1-14-10-20(30-16(3)26)24(13-28-15(2)25)18(6-5-8-23(24)12-29-23)22(14,4)19-11-17-7-9-27-21(17)31-19/h7,9,14,17-21H,5-6,8,10-13H2,1-4H3/t14-,17+,18+,19-,20+,21-,22-,23-,24+/m0/s1. The zero-order chi connectivity index (χ0) is 22.0. The Bertz CT molecular complexity index is 789. The Morgan fingerprint density at radius 2 is 1.97 bits per heavy atom. The molecule has 2 saturated carbocycles. The van der Waals surface area contributed by atoms with E-state index in [0.717, 1.165) is 25.7 Å². The molecule has 2 saturated heterocycles. The lowest BCUT2D eigenvalue weighted by Crippen LogP contribution is -2.69. The van der Waals surface area contributed by atoms with Crippen molar-refractivity contribution < 1.29 is 33.3 Å². The van der Waals surface area contributed by atoms with Gasteiger partial charge in [0, 0.05) is 25.2 Å². The highest BCUT2D eigenvalue weighted by Gasteiger charge is 2.76. The monoisotopic (exact) mass is 434 g/mol. The zero-order valence-electron chi connectivity index (χ0n) is 18.9. The molecule has 5 rings (SSSR count). The smallest absolute Gasteiger partial charge is 0.302 e. The predicted octanol–water partition coefficient (Wildman–Crippen LogP) is 3.36. The van der Waals surface area contributed by atoms with Gasteiger partial charge in [-0.25, -0.2) is 0 Å². The summed E-state index contributed by atoms with van der Waals surface area (Å²) >= 11 is 0. The number of carbonyl (C=O) groups excluding carboxylic acids is 2. The lowest BCUT2D eigenvalue weighted by molar-refractivity contribution is -0.253. The summed E-state index contributed by atoms with van der Waals surface area (Å²) in [4.78, 5) is 24.0. The Kier molecular flexibility index (Phi) is 4.94. The number of ether oxygens (including phenoxy) is 5. The lowest BCUT2D eigenvalue weighted by atomic mass is 9.42. The second-order valence-electron chi connectivity index (χ2n) is 10.5. The average molecular weight is 435 g/mol. The summed E-state index contributed by atoms with van der Waals surface area (Å²) in [7, 11) is 0. The van der Waals surface area contributed by atoms with Gasteiger partial charge in [0.1, 0.15) is 18.3 Å². The van der Waals surface area contributed by atoms with Crippen molar-refractivity contribution in [2.45, 2.75) is 83.9 Å². The molecule has 0 aromatic rings. The van der Waals surface area contributed by atoms with Crippen LogP contribution in [-0.2, 0) is 33.3 Å². The van der Waals surface area contributed by atoms with Crippen LogP contribution in [0.5, 0.6) is 0 Å². The molecule has 0 unspecified atom stereocenters. The third kappa shape index (κ3) is 2.99. The van der Waals surface area contributed by atoms with Crippen LogP contribution in [0, 0.1) is 28.6 Å². The molecule has 9 atom stereocenters. The molecular weight excluding hydrogens is 400 g/mol. The van der Waals surface area contributed by atoms with E-state index in [1.54, 1.807) is 6.26 Å². The highest BCUT2D eigenvalue weighted by molar-refractivity contribution is 5.67. The fraction of sp³-hybridized carbons (Fsp3) is 0.833. The first-order valence-corrected chi connectivity index (χ1v) is 11.6. The average Bonchev–Trinajstić information content (AvgIpc) is 3.15. The number of esters is 2. The first kappa shape index (κ1) is 21.3. The molecule has 0 N–H and O–H groups in total. The van der Waals surface area contributed by atoms with Gasteiger partial charge in [0.25, 0.3) is 0 Å². The van der Waals surface area contributed by atoms with Crippen LogP contribution >= 0.6 is 0 Å². The van der Waals surface area contributed by atoms with Gasteiger partial charge in [-0.3, -0.25) is 9.59 Å². The summed E-state index contributed by atoms with van der Waals surface area (Å²) in [6.07, 6.45) is 7.82. The van der Waals surface area contributed by atoms with Gasteiger partial charge in [-0.2, -0.15) is 0 Å². The van der Waals surface area contributed by atoms with Gasteiger partial charge in [-0.05, 0) is 43.6 Å². The van der Waals surface area contributed by atoms with Crippen molar-refractivity contribution in [2.75, 3.05) is 13.2 Å². The summed E-state index contributed by atoms with van der Waals surface area (Å²) in [5.74, 6) is 0.0539. The quantitative estimate of drug-likeness (QED) is 0.496. The largest absolute Gasteiger partial charge is 0.472 e. The SMILES string of the molecule is CC(=O)OC[C@]12[C@H](CCC[C@]13CO3)[C@@](C)([C@@H]1C[C@H]3C=CO[C@H]3O1)[C@@H](C)C[C@H]2OC(C)=O. The number of hydrogen-bond donors (Lipinski definition) is 0. The van der Waals surface area contributed by atoms with Gasteiger partial charge in [0.2, 0.25) is 6.29 Å². The Hall–Kier alpha value is -1.60. The van der Waals surface area contributed by atoms with Crippen LogP contribution in [0.1, 0.15) is 59.8 Å². The van der Waals surface area contributed by atoms with Crippen LogP contribution in [0.2, 0.25) is 0 Å². The number of rotatable bonds is 4.